The second-order valence-electron chi connectivity index (χ2n) is 3.70. The maximum absolute atomic E-state index is 11.0. The summed E-state index contributed by atoms with van der Waals surface area (Å²) < 4.78 is 0. The molecule has 0 saturated carbocycles. The fourth-order valence-electron chi connectivity index (χ4n) is 1.94. The molecule has 0 fully saturated rings. The van der Waals surface area contributed by atoms with Crippen LogP contribution in [-0.2, 0) is 6.61 Å². The van der Waals surface area contributed by atoms with Gasteiger partial charge < -0.3 is 10.1 Å². The number of nitro benzene ring substituents is 1. The molecule has 0 bridgehead atoms. The van der Waals surface area contributed by atoms with Gasteiger partial charge in [0.25, 0.3) is 5.69 Å². The number of aliphatic hydroxyl groups excluding tert-OH is 1. The van der Waals surface area contributed by atoms with Crippen molar-refractivity contribution < 1.29 is 14.8 Å². The maximum atomic E-state index is 11.0. The van der Waals surface area contributed by atoms with Crippen LogP contribution in [0.1, 0.15) is 21.6 Å². The van der Waals surface area contributed by atoms with Crippen molar-refractivity contribution in [3.63, 3.8) is 0 Å². The van der Waals surface area contributed by atoms with Crippen LogP contribution < -0.4 is 0 Å². The summed E-state index contributed by atoms with van der Waals surface area (Å²) in [4.78, 5) is 24.3. The molecule has 1 aromatic carbocycles. The Hall–Kier alpha value is -2.21. The summed E-state index contributed by atoms with van der Waals surface area (Å²) in [6, 6.07) is 3.26. The zero-order valence-electron chi connectivity index (χ0n) is 9.06. The largest absolute Gasteiger partial charge is 0.390 e. The molecule has 0 aliphatic heterocycles. The average molecular weight is 234 g/mol. The minimum Gasteiger partial charge on any atom is -0.390 e. The number of carbonyl (C=O) groups excluding carboxylic acids is 1. The van der Waals surface area contributed by atoms with Crippen molar-refractivity contribution in [3.05, 3.63) is 39.1 Å². The van der Waals surface area contributed by atoms with E-state index in [0.717, 1.165) is 0 Å². The van der Waals surface area contributed by atoms with Crippen LogP contribution in [0.3, 0.4) is 0 Å². The number of nitro groups is 1. The van der Waals surface area contributed by atoms with Crippen LogP contribution in [0, 0.1) is 17.0 Å². The Bertz CT molecular complexity index is 615. The molecule has 0 aliphatic carbocycles. The highest BCUT2D eigenvalue weighted by atomic mass is 16.6. The van der Waals surface area contributed by atoms with E-state index in [2.05, 4.69) is 4.98 Å². The quantitative estimate of drug-likeness (QED) is 0.479. The number of H-pyrrole nitrogens is 1. The van der Waals surface area contributed by atoms with Crippen molar-refractivity contribution in [2.45, 2.75) is 13.5 Å². The first-order chi connectivity index (χ1) is 8.10. The van der Waals surface area contributed by atoms with Crippen LogP contribution >= 0.6 is 0 Å². The standard InChI is InChI=1S/C11H10N2O4/c1-6-2-3-8-10(11(6)13(16)17)7(4-14)9(5-15)12-8/h2-4,12,15H,5H2,1H3. The molecule has 0 atom stereocenters. The van der Waals surface area contributed by atoms with Gasteiger partial charge in [-0.3, -0.25) is 14.9 Å². The lowest BCUT2D eigenvalue weighted by molar-refractivity contribution is -0.383. The number of aliphatic hydroxyl groups is 1. The molecule has 6 nitrogen and oxygen atoms in total. The van der Waals surface area contributed by atoms with Gasteiger partial charge in [-0.25, -0.2) is 0 Å². The van der Waals surface area contributed by atoms with E-state index in [4.69, 9.17) is 5.11 Å². The second-order valence-corrected chi connectivity index (χ2v) is 3.70. The number of carbonyl (C=O) groups is 1. The molecule has 1 aromatic heterocycles. The molecular weight excluding hydrogens is 224 g/mol. The Balaban J connectivity index is 2.96. The summed E-state index contributed by atoms with van der Waals surface area (Å²) in [7, 11) is 0. The number of rotatable bonds is 3. The van der Waals surface area contributed by atoms with Crippen LogP contribution in [0.15, 0.2) is 12.1 Å². The number of fused-ring (bicyclic) bond motifs is 1. The van der Waals surface area contributed by atoms with Crippen molar-refractivity contribution in [1.29, 1.82) is 0 Å². The summed E-state index contributed by atoms with van der Waals surface area (Å²) in [5.41, 5.74) is 1.31. The number of aldehydes is 1. The van der Waals surface area contributed by atoms with Gasteiger partial charge in [0.2, 0.25) is 0 Å². The van der Waals surface area contributed by atoms with Crippen LogP contribution in [-0.4, -0.2) is 21.3 Å². The number of hydrogen-bond donors (Lipinski definition) is 2. The molecular formula is C11H10N2O4. The maximum Gasteiger partial charge on any atom is 0.282 e. The van der Waals surface area contributed by atoms with Gasteiger partial charge in [0.1, 0.15) is 0 Å². The second kappa shape index (κ2) is 3.99. The summed E-state index contributed by atoms with van der Waals surface area (Å²) in [5, 5.41) is 20.4. The number of aromatic amines is 1. The van der Waals surface area contributed by atoms with E-state index in [1.165, 1.54) is 0 Å². The van der Waals surface area contributed by atoms with Crippen molar-refractivity contribution in [3.8, 4) is 0 Å². The van der Waals surface area contributed by atoms with E-state index in [1.54, 1.807) is 19.1 Å². The fourth-order valence-corrected chi connectivity index (χ4v) is 1.94. The third-order valence-corrected chi connectivity index (χ3v) is 2.72. The molecule has 0 spiro atoms. The highest BCUT2D eigenvalue weighted by Gasteiger charge is 2.22. The summed E-state index contributed by atoms with van der Waals surface area (Å²) in [5.74, 6) is 0. The van der Waals surface area contributed by atoms with E-state index >= 15 is 0 Å². The minimum absolute atomic E-state index is 0.0967. The number of aromatic nitrogens is 1. The van der Waals surface area contributed by atoms with E-state index in [1.807, 2.05) is 0 Å². The SMILES string of the molecule is Cc1ccc2[nH]c(CO)c(C=O)c2c1[N+](=O)[O-]. The third-order valence-electron chi connectivity index (χ3n) is 2.72. The zero-order valence-corrected chi connectivity index (χ0v) is 9.06. The molecule has 17 heavy (non-hydrogen) atoms. The Labute approximate surface area is 96.0 Å². The van der Waals surface area contributed by atoms with Crippen molar-refractivity contribution in [2.75, 3.05) is 0 Å². The third kappa shape index (κ3) is 1.58. The number of benzene rings is 1. The zero-order chi connectivity index (χ0) is 12.6. The number of nitrogens with zero attached hydrogens (tertiary/aromatic N) is 1. The predicted molar refractivity (Wildman–Crippen MR) is 61.0 cm³/mol. The monoisotopic (exact) mass is 234 g/mol. The molecule has 0 saturated heterocycles. The molecule has 0 aliphatic rings. The lowest BCUT2D eigenvalue weighted by Gasteiger charge is -1.99. The van der Waals surface area contributed by atoms with Gasteiger partial charge in [-0.05, 0) is 13.0 Å². The van der Waals surface area contributed by atoms with Crippen LogP contribution in [0.25, 0.3) is 10.9 Å². The van der Waals surface area contributed by atoms with Crippen molar-refractivity contribution >= 4 is 22.9 Å². The van der Waals surface area contributed by atoms with Crippen LogP contribution in [0.2, 0.25) is 0 Å². The summed E-state index contributed by atoms with van der Waals surface area (Å²) in [6.07, 6.45) is 0.525. The Morgan fingerprint density at radius 2 is 2.24 bits per heavy atom. The fraction of sp³-hybridized carbons (Fsp3) is 0.182. The predicted octanol–water partition coefficient (Wildman–Crippen LogP) is 1.69. The van der Waals surface area contributed by atoms with Crippen molar-refractivity contribution in [1.82, 2.24) is 4.98 Å². The first kappa shape index (κ1) is 11.3. The lowest BCUT2D eigenvalue weighted by Crippen LogP contribution is -1.94. The molecule has 1 heterocycles. The van der Waals surface area contributed by atoms with Gasteiger partial charge in [-0.2, -0.15) is 0 Å². The van der Waals surface area contributed by atoms with Gasteiger partial charge in [0, 0.05) is 5.56 Å². The van der Waals surface area contributed by atoms with Crippen molar-refractivity contribution in [2.24, 2.45) is 0 Å². The normalized spacial score (nSPS) is 10.7. The smallest absolute Gasteiger partial charge is 0.282 e. The van der Waals surface area contributed by atoms with Gasteiger partial charge >= 0.3 is 0 Å². The van der Waals surface area contributed by atoms with E-state index in [-0.39, 0.29) is 23.2 Å². The van der Waals surface area contributed by atoms with E-state index in [9.17, 15) is 14.9 Å². The lowest BCUT2D eigenvalue weighted by atomic mass is 10.1. The van der Waals surface area contributed by atoms with Gasteiger partial charge in [0.05, 0.1) is 33.7 Å². The molecule has 0 radical (unpaired) electrons. The molecule has 2 N–H and O–H groups in total. The number of aryl methyl sites for hydroxylation is 1. The number of nitrogens with one attached hydrogen (secondary N) is 1. The molecule has 0 amide bonds. The highest BCUT2D eigenvalue weighted by molar-refractivity contribution is 6.04. The van der Waals surface area contributed by atoms with Crippen LogP contribution in [0.4, 0.5) is 5.69 Å². The van der Waals surface area contributed by atoms with E-state index in [0.29, 0.717) is 23.1 Å². The molecule has 88 valence electrons. The first-order valence-electron chi connectivity index (χ1n) is 4.94. The summed E-state index contributed by atoms with van der Waals surface area (Å²) >= 11 is 0. The van der Waals surface area contributed by atoms with Gasteiger partial charge in [-0.15, -0.1) is 0 Å². The summed E-state index contributed by atoms with van der Waals surface area (Å²) in [6.45, 7) is 1.25. The van der Waals surface area contributed by atoms with E-state index < -0.39 is 4.92 Å². The average Bonchev–Trinajstić information content (AvgIpc) is 2.65. The van der Waals surface area contributed by atoms with Gasteiger partial charge in [-0.1, -0.05) is 6.07 Å². The molecule has 2 aromatic rings. The first-order valence-corrected chi connectivity index (χ1v) is 4.94. The Morgan fingerprint density at radius 3 is 2.76 bits per heavy atom. The highest BCUT2D eigenvalue weighted by Crippen LogP contribution is 2.32. The van der Waals surface area contributed by atoms with Crippen LogP contribution in [0.5, 0.6) is 0 Å². The Kier molecular flexibility index (Phi) is 2.64. The Morgan fingerprint density at radius 1 is 1.53 bits per heavy atom. The number of hydrogen-bond acceptors (Lipinski definition) is 4. The molecule has 6 heteroatoms. The topological polar surface area (TPSA) is 96.2 Å². The molecule has 0 unspecified atom stereocenters. The minimum atomic E-state index is -0.514. The van der Waals surface area contributed by atoms with Gasteiger partial charge in [0.15, 0.2) is 6.29 Å². The molecule has 2 rings (SSSR count).